The molecule has 0 amide bonds. The fraction of sp³-hybridized carbons (Fsp3) is 0.574. The molecule has 0 N–H and O–H groups in total. The van der Waals surface area contributed by atoms with Crippen LogP contribution in [0.3, 0.4) is 0 Å². The zero-order valence-electron chi connectivity index (χ0n) is 47.3. The van der Waals surface area contributed by atoms with Gasteiger partial charge in [0.15, 0.2) is 6.10 Å². The lowest BCUT2D eigenvalue weighted by Gasteiger charge is -2.18. The van der Waals surface area contributed by atoms with Crippen molar-refractivity contribution in [3.63, 3.8) is 0 Å². The summed E-state index contributed by atoms with van der Waals surface area (Å²) >= 11 is 0. The van der Waals surface area contributed by atoms with Crippen LogP contribution in [-0.4, -0.2) is 37.2 Å². The summed E-state index contributed by atoms with van der Waals surface area (Å²) in [5, 5.41) is 0. The van der Waals surface area contributed by atoms with E-state index in [0.29, 0.717) is 19.3 Å². The maximum absolute atomic E-state index is 12.8. The number of hydrogen-bond donors (Lipinski definition) is 0. The van der Waals surface area contributed by atoms with Crippen molar-refractivity contribution >= 4 is 17.9 Å². The van der Waals surface area contributed by atoms with Crippen LogP contribution in [0.4, 0.5) is 0 Å². The summed E-state index contributed by atoms with van der Waals surface area (Å²) in [6.45, 7) is 6.28. The molecule has 0 aromatic heterocycles. The molecule has 6 heteroatoms. The highest BCUT2D eigenvalue weighted by molar-refractivity contribution is 5.72. The molecule has 0 aromatic carbocycles. The first-order valence-electron chi connectivity index (χ1n) is 29.5. The molecule has 6 nitrogen and oxygen atoms in total. The van der Waals surface area contributed by atoms with Gasteiger partial charge in [-0.2, -0.15) is 0 Å². The lowest BCUT2D eigenvalue weighted by Crippen LogP contribution is -2.30. The second kappa shape index (κ2) is 60.6. The minimum Gasteiger partial charge on any atom is -0.462 e. The first-order chi connectivity index (χ1) is 36.5. The third-order valence-corrected chi connectivity index (χ3v) is 11.8. The van der Waals surface area contributed by atoms with Crippen LogP contribution in [0.2, 0.25) is 0 Å². The van der Waals surface area contributed by atoms with Gasteiger partial charge in [-0.25, -0.2) is 0 Å². The van der Waals surface area contributed by atoms with Gasteiger partial charge < -0.3 is 14.2 Å². The number of carbonyl (C=O) groups is 3. The Balaban J connectivity index is 4.53. The van der Waals surface area contributed by atoms with E-state index >= 15 is 0 Å². The Kier molecular flexibility index (Phi) is 56.5. The predicted octanol–water partition coefficient (Wildman–Crippen LogP) is 20.1. The summed E-state index contributed by atoms with van der Waals surface area (Å²) in [5.41, 5.74) is 0. The van der Waals surface area contributed by atoms with Gasteiger partial charge in [0.1, 0.15) is 13.2 Å². The summed E-state index contributed by atoms with van der Waals surface area (Å²) in [6, 6.07) is 0. The van der Waals surface area contributed by atoms with Crippen molar-refractivity contribution in [1.29, 1.82) is 0 Å². The van der Waals surface area contributed by atoms with Gasteiger partial charge >= 0.3 is 17.9 Å². The Morgan fingerprint density at radius 3 is 0.892 bits per heavy atom. The molecule has 414 valence electrons. The molecule has 0 radical (unpaired) electrons. The first kappa shape index (κ1) is 69.0. The molecule has 0 spiro atoms. The van der Waals surface area contributed by atoms with E-state index in [4.69, 9.17) is 14.2 Å². The molecule has 0 saturated heterocycles. The van der Waals surface area contributed by atoms with Crippen LogP contribution in [0.1, 0.15) is 233 Å². The fourth-order valence-electron chi connectivity index (χ4n) is 7.47. The van der Waals surface area contributed by atoms with Crippen molar-refractivity contribution < 1.29 is 28.6 Å². The average molecular weight is 1020 g/mol. The smallest absolute Gasteiger partial charge is 0.310 e. The van der Waals surface area contributed by atoms with Crippen molar-refractivity contribution in [1.82, 2.24) is 0 Å². The molecule has 0 aliphatic carbocycles. The van der Waals surface area contributed by atoms with E-state index in [0.717, 1.165) is 109 Å². The highest BCUT2D eigenvalue weighted by Crippen LogP contribution is 2.14. The van der Waals surface area contributed by atoms with E-state index in [-0.39, 0.29) is 38.0 Å². The van der Waals surface area contributed by atoms with E-state index in [2.05, 4.69) is 167 Å². The molecular formula is C68H106O6. The zero-order valence-corrected chi connectivity index (χ0v) is 47.3. The minimum absolute atomic E-state index is 0.0811. The number of unbranched alkanes of at least 4 members (excludes halogenated alkanes) is 15. The van der Waals surface area contributed by atoms with Crippen molar-refractivity contribution in [2.45, 2.75) is 239 Å². The summed E-state index contributed by atoms with van der Waals surface area (Å²) < 4.78 is 16.7. The van der Waals surface area contributed by atoms with Crippen molar-refractivity contribution in [3.05, 3.63) is 158 Å². The monoisotopic (exact) mass is 1020 g/mol. The number of rotatable bonds is 51. The maximum atomic E-state index is 12.8. The summed E-state index contributed by atoms with van der Waals surface area (Å²) in [7, 11) is 0. The molecule has 0 rings (SSSR count). The third kappa shape index (κ3) is 57.9. The molecule has 0 saturated carbocycles. The van der Waals surface area contributed by atoms with Gasteiger partial charge in [0, 0.05) is 12.8 Å². The molecule has 0 aromatic rings. The first-order valence-corrected chi connectivity index (χ1v) is 29.5. The number of esters is 3. The van der Waals surface area contributed by atoms with Gasteiger partial charge in [-0.05, 0) is 109 Å². The van der Waals surface area contributed by atoms with E-state index in [1.165, 1.54) is 70.6 Å². The van der Waals surface area contributed by atoms with Crippen LogP contribution in [0, 0.1) is 0 Å². The Labute approximate surface area is 454 Å². The number of carbonyl (C=O) groups excluding carboxylic acids is 3. The van der Waals surface area contributed by atoms with Crippen LogP contribution < -0.4 is 0 Å². The summed E-state index contributed by atoms with van der Waals surface area (Å²) in [4.78, 5) is 38.1. The maximum Gasteiger partial charge on any atom is 0.310 e. The molecule has 0 aliphatic rings. The highest BCUT2D eigenvalue weighted by atomic mass is 16.6. The second-order valence-electron chi connectivity index (χ2n) is 18.8. The third-order valence-electron chi connectivity index (χ3n) is 11.8. The summed E-state index contributed by atoms with van der Waals surface area (Å²) in [5.74, 6) is -1.12. The average Bonchev–Trinajstić information content (AvgIpc) is 3.40. The Morgan fingerprint density at radius 2 is 0.568 bits per heavy atom. The van der Waals surface area contributed by atoms with E-state index in [9.17, 15) is 14.4 Å². The SMILES string of the molecule is CC/C=C\C/C=C\C/C=C\C/C=C\C/C=C\C/C=C\C/C=C\C/C=C\CCCCC(=O)OCC(COC(=O)CCCCCCCCCCCCCCCC)OC(=O)C/C=C\C/C=C\C/C=C\C/C=C\C/C=C\CC. The van der Waals surface area contributed by atoms with Crippen LogP contribution in [0.5, 0.6) is 0 Å². The van der Waals surface area contributed by atoms with Gasteiger partial charge in [0.05, 0.1) is 6.42 Å². The van der Waals surface area contributed by atoms with Crippen molar-refractivity contribution in [3.8, 4) is 0 Å². The molecular weight excluding hydrogens is 913 g/mol. The van der Waals surface area contributed by atoms with Crippen molar-refractivity contribution in [2.24, 2.45) is 0 Å². The molecule has 0 fully saturated rings. The topological polar surface area (TPSA) is 78.9 Å². The molecule has 0 bridgehead atoms. The number of allylic oxidation sites excluding steroid dienone is 25. The second-order valence-corrected chi connectivity index (χ2v) is 18.8. The van der Waals surface area contributed by atoms with Gasteiger partial charge in [-0.1, -0.05) is 262 Å². The Bertz CT molecular complexity index is 1690. The van der Waals surface area contributed by atoms with Gasteiger partial charge in [0.2, 0.25) is 0 Å². The molecule has 0 heterocycles. The van der Waals surface area contributed by atoms with Crippen LogP contribution in [0.25, 0.3) is 0 Å². The lowest BCUT2D eigenvalue weighted by atomic mass is 10.0. The molecule has 1 unspecified atom stereocenters. The van der Waals surface area contributed by atoms with E-state index < -0.39 is 12.1 Å². The van der Waals surface area contributed by atoms with Gasteiger partial charge in [-0.15, -0.1) is 0 Å². The molecule has 1 atom stereocenters. The quantitative estimate of drug-likeness (QED) is 0.0261. The van der Waals surface area contributed by atoms with E-state index in [1.54, 1.807) is 6.08 Å². The standard InChI is InChI=1S/C68H106O6/c1-4-7-10-13-16-19-22-25-28-29-30-31-32-33-34-35-36-37-38-39-41-43-46-49-52-55-58-61-67(70)73-64-65(63-72-66(69)60-57-54-51-48-45-42-27-24-21-18-15-12-9-6-3)74-68(71)62-59-56-53-50-47-44-40-26-23-20-17-14-11-8-5-2/h7-8,10-11,16-17,19-20,25-26,28,30-31,33-34,36-37,39-41,46-47,49-50,56,59,65H,4-6,9,12-15,18,21-24,27,29,32,35,38,42-45,48,51-55,57-58,60-64H2,1-3H3/b10-7-,11-8-,19-16-,20-17-,28-25-,31-30-,34-33-,37-36-,40-26-,41-39-,49-46-,50-47-,59-56-. The van der Waals surface area contributed by atoms with Crippen LogP contribution in [-0.2, 0) is 28.6 Å². The molecule has 0 aliphatic heterocycles. The number of hydrogen-bond acceptors (Lipinski definition) is 6. The van der Waals surface area contributed by atoms with Crippen molar-refractivity contribution in [2.75, 3.05) is 13.2 Å². The van der Waals surface area contributed by atoms with Gasteiger partial charge in [0.25, 0.3) is 0 Å². The molecule has 74 heavy (non-hydrogen) atoms. The van der Waals surface area contributed by atoms with Crippen LogP contribution >= 0.6 is 0 Å². The summed E-state index contributed by atoms with van der Waals surface area (Å²) in [6.07, 6.45) is 88.4. The normalized spacial score (nSPS) is 13.3. The fourth-order valence-corrected chi connectivity index (χ4v) is 7.47. The lowest BCUT2D eigenvalue weighted by molar-refractivity contribution is -0.166. The van der Waals surface area contributed by atoms with E-state index in [1.807, 2.05) is 6.08 Å². The Hall–Kier alpha value is -4.97. The van der Waals surface area contributed by atoms with Crippen LogP contribution in [0.15, 0.2) is 158 Å². The zero-order chi connectivity index (χ0) is 53.6. The Morgan fingerprint density at radius 1 is 0.297 bits per heavy atom. The largest absolute Gasteiger partial charge is 0.462 e. The highest BCUT2D eigenvalue weighted by Gasteiger charge is 2.19. The minimum atomic E-state index is -0.857. The van der Waals surface area contributed by atoms with Gasteiger partial charge in [-0.3, -0.25) is 14.4 Å². The predicted molar refractivity (Wildman–Crippen MR) is 320 cm³/mol. The number of ether oxygens (including phenoxy) is 3.